The van der Waals surface area contributed by atoms with E-state index in [1.54, 1.807) is 34.5 Å². The number of nitrogens with zero attached hydrogens (tertiary/aromatic N) is 1. The number of carbonyl (C=O) groups is 2. The first-order chi connectivity index (χ1) is 27.0. The first kappa shape index (κ1) is 38.5. The van der Waals surface area contributed by atoms with Gasteiger partial charge in [-0.2, -0.15) is 0 Å². The predicted octanol–water partition coefficient (Wildman–Crippen LogP) is 6.78. The van der Waals surface area contributed by atoms with Crippen molar-refractivity contribution in [1.29, 1.82) is 0 Å². The molecule has 2 aliphatic rings. The number of hydrogen-bond acceptors (Lipinski definition) is 9. The normalized spacial score (nSPS) is 17.0. The molecule has 0 radical (unpaired) electrons. The minimum Gasteiger partial charge on any atom is -0.497 e. The fourth-order valence-corrected chi connectivity index (χ4v) is 8.38. The molecule has 5 aromatic rings. The standard InChI is InChI=1S/C45H49N3O8/c1-27(49)47-45(2)19-16-30-22-38(53-4)43(54-5)44(55-6)40(30)35-23-33-34(24-39(51)46-31-17-20-48(21-18-31)26-28-10-8-7-9-11-28)41(29-12-14-32(52-3)15-13-29)56-42(33)37(50)25-36(35)45/h7-15,22-23,25,31H,16-21,24,26H2,1-6H3,(H,46,51)(H,47,49)/t45-/m0/s1. The van der Waals surface area contributed by atoms with Gasteiger partial charge < -0.3 is 34.0 Å². The molecule has 11 heteroatoms. The molecule has 292 valence electrons. The number of likely N-dealkylation sites (tertiary alicyclic amines) is 1. The molecule has 4 aromatic carbocycles. The third kappa shape index (κ3) is 7.55. The lowest BCUT2D eigenvalue weighted by atomic mass is 9.86. The number of piperidine rings is 1. The molecule has 0 bridgehead atoms. The van der Waals surface area contributed by atoms with Crippen LogP contribution in [0.25, 0.3) is 33.4 Å². The molecule has 1 aliphatic heterocycles. The fraction of sp³-hybridized carbons (Fsp3) is 0.356. The van der Waals surface area contributed by atoms with Crippen molar-refractivity contribution in [3.63, 3.8) is 0 Å². The van der Waals surface area contributed by atoms with Gasteiger partial charge in [0.15, 0.2) is 17.1 Å². The molecule has 56 heavy (non-hydrogen) atoms. The molecule has 2 heterocycles. The molecule has 7 rings (SSSR count). The van der Waals surface area contributed by atoms with E-state index in [1.807, 2.05) is 49.4 Å². The van der Waals surface area contributed by atoms with Gasteiger partial charge in [0.2, 0.25) is 23.0 Å². The summed E-state index contributed by atoms with van der Waals surface area (Å²) in [6, 6.07) is 23.1. The van der Waals surface area contributed by atoms with Crippen LogP contribution < -0.4 is 35.0 Å². The molecule has 1 saturated heterocycles. The first-order valence-electron chi connectivity index (χ1n) is 19.0. The maximum absolute atomic E-state index is 14.5. The van der Waals surface area contributed by atoms with Gasteiger partial charge in [-0.3, -0.25) is 19.3 Å². The lowest BCUT2D eigenvalue weighted by Gasteiger charge is -2.32. The molecular weight excluding hydrogens is 711 g/mol. The van der Waals surface area contributed by atoms with Crippen molar-refractivity contribution in [3.05, 3.63) is 105 Å². The van der Waals surface area contributed by atoms with Gasteiger partial charge in [-0.15, -0.1) is 0 Å². The number of benzene rings is 3. The quantitative estimate of drug-likeness (QED) is 0.150. The summed E-state index contributed by atoms with van der Waals surface area (Å²) in [4.78, 5) is 43.7. The monoisotopic (exact) mass is 759 g/mol. The van der Waals surface area contributed by atoms with Crippen LogP contribution in [0.3, 0.4) is 0 Å². The van der Waals surface area contributed by atoms with Crippen molar-refractivity contribution in [2.45, 2.75) is 64.1 Å². The molecular formula is C45H49N3O8. The average molecular weight is 760 g/mol. The van der Waals surface area contributed by atoms with Crippen molar-refractivity contribution in [2.24, 2.45) is 0 Å². The third-order valence-electron chi connectivity index (χ3n) is 11.1. The van der Waals surface area contributed by atoms with Gasteiger partial charge in [0.1, 0.15) is 11.5 Å². The Morgan fingerprint density at radius 2 is 1.61 bits per heavy atom. The Kier molecular flexibility index (Phi) is 11.1. The Labute approximate surface area is 326 Å². The molecule has 2 N–H and O–H groups in total. The molecule has 0 unspecified atom stereocenters. The summed E-state index contributed by atoms with van der Waals surface area (Å²) in [6.45, 7) is 6.00. The van der Waals surface area contributed by atoms with Gasteiger partial charge in [-0.05, 0) is 97.3 Å². The van der Waals surface area contributed by atoms with Crippen LogP contribution in [0.4, 0.5) is 0 Å². The van der Waals surface area contributed by atoms with Gasteiger partial charge in [-0.25, -0.2) is 0 Å². The van der Waals surface area contributed by atoms with Crippen molar-refractivity contribution in [2.75, 3.05) is 41.5 Å². The summed E-state index contributed by atoms with van der Waals surface area (Å²) in [5, 5.41) is 6.92. The van der Waals surface area contributed by atoms with E-state index in [-0.39, 0.29) is 35.3 Å². The molecule has 0 saturated carbocycles. The van der Waals surface area contributed by atoms with Crippen LogP contribution in [0.5, 0.6) is 23.0 Å². The number of fused-ring (bicyclic) bond motifs is 4. The molecule has 1 fully saturated rings. The highest BCUT2D eigenvalue weighted by atomic mass is 16.5. The van der Waals surface area contributed by atoms with Crippen LogP contribution >= 0.6 is 0 Å². The zero-order chi connectivity index (χ0) is 39.6. The smallest absolute Gasteiger partial charge is 0.224 e. The third-order valence-corrected chi connectivity index (χ3v) is 11.1. The molecule has 1 aliphatic carbocycles. The summed E-state index contributed by atoms with van der Waals surface area (Å²) in [5.41, 5.74) is 4.14. The maximum atomic E-state index is 14.5. The summed E-state index contributed by atoms with van der Waals surface area (Å²) in [5.74, 6) is 2.00. The lowest BCUT2D eigenvalue weighted by molar-refractivity contribution is -0.122. The molecule has 1 atom stereocenters. The zero-order valence-corrected chi connectivity index (χ0v) is 32.9. The van der Waals surface area contributed by atoms with Gasteiger partial charge in [-0.1, -0.05) is 30.3 Å². The van der Waals surface area contributed by atoms with Crippen molar-refractivity contribution in [1.82, 2.24) is 15.5 Å². The van der Waals surface area contributed by atoms with Crippen LogP contribution in [0.2, 0.25) is 0 Å². The van der Waals surface area contributed by atoms with Crippen molar-refractivity contribution < 1.29 is 33.0 Å². The van der Waals surface area contributed by atoms with Gasteiger partial charge in [0, 0.05) is 54.7 Å². The highest BCUT2D eigenvalue weighted by Crippen LogP contribution is 2.52. The second-order valence-corrected chi connectivity index (χ2v) is 14.8. The number of aryl methyl sites for hydroxylation is 1. The number of furan rings is 1. The molecule has 1 aromatic heterocycles. The molecule has 0 spiro atoms. The van der Waals surface area contributed by atoms with Crippen molar-refractivity contribution in [3.8, 4) is 45.4 Å². The number of rotatable bonds is 11. The van der Waals surface area contributed by atoms with Crippen LogP contribution in [0, 0.1) is 0 Å². The Morgan fingerprint density at radius 3 is 2.25 bits per heavy atom. The predicted molar refractivity (Wildman–Crippen MR) is 216 cm³/mol. The Balaban J connectivity index is 1.36. The van der Waals surface area contributed by atoms with Crippen LogP contribution in [0.15, 0.2) is 82.0 Å². The average Bonchev–Trinajstić information content (AvgIpc) is 3.41. The van der Waals surface area contributed by atoms with Crippen LogP contribution in [-0.4, -0.2) is 64.3 Å². The van der Waals surface area contributed by atoms with E-state index in [2.05, 4.69) is 39.8 Å². The summed E-state index contributed by atoms with van der Waals surface area (Å²) < 4.78 is 29.6. The van der Waals surface area contributed by atoms with Gasteiger partial charge >= 0.3 is 0 Å². The number of amides is 2. The topological polar surface area (TPSA) is 129 Å². The van der Waals surface area contributed by atoms with E-state index in [0.717, 1.165) is 38.0 Å². The SMILES string of the molecule is COc1ccc(-c2oc3c(=O)cc4c(cc3c2CC(=O)NC2CCN(Cc3ccccc3)CC2)-c2c(cc(OC)c(OC)c2OC)CC[C@]4(C)NC(C)=O)cc1. The number of nitrogens with one attached hydrogen (secondary N) is 2. The van der Waals surface area contributed by atoms with Crippen LogP contribution in [0.1, 0.15) is 55.4 Å². The van der Waals surface area contributed by atoms with E-state index in [0.29, 0.717) is 74.8 Å². The zero-order valence-electron chi connectivity index (χ0n) is 32.9. The van der Waals surface area contributed by atoms with Gasteiger partial charge in [0.05, 0.1) is 40.4 Å². The Hall–Kier alpha value is -5.81. The lowest BCUT2D eigenvalue weighted by Crippen LogP contribution is -2.44. The second-order valence-electron chi connectivity index (χ2n) is 14.8. The summed E-state index contributed by atoms with van der Waals surface area (Å²) >= 11 is 0. The number of hydrogen-bond donors (Lipinski definition) is 2. The first-order valence-corrected chi connectivity index (χ1v) is 19.0. The van der Waals surface area contributed by atoms with Crippen molar-refractivity contribution >= 4 is 22.8 Å². The minimum atomic E-state index is -0.951. The number of ether oxygens (including phenoxy) is 4. The van der Waals surface area contributed by atoms with Gasteiger partial charge in [0.25, 0.3) is 0 Å². The van der Waals surface area contributed by atoms with E-state index in [1.165, 1.54) is 12.5 Å². The highest BCUT2D eigenvalue weighted by molar-refractivity contribution is 5.96. The summed E-state index contributed by atoms with van der Waals surface area (Å²) in [7, 11) is 6.28. The fourth-order valence-electron chi connectivity index (χ4n) is 8.38. The number of carbonyl (C=O) groups excluding carboxylic acids is 2. The second kappa shape index (κ2) is 16.1. The van der Waals surface area contributed by atoms with E-state index in [9.17, 15) is 14.4 Å². The highest BCUT2D eigenvalue weighted by Gasteiger charge is 2.37. The summed E-state index contributed by atoms with van der Waals surface area (Å²) in [6.07, 6.45) is 2.63. The largest absolute Gasteiger partial charge is 0.497 e. The Bertz CT molecular complexity index is 2310. The number of methoxy groups -OCH3 is 4. The Morgan fingerprint density at radius 1 is 0.893 bits per heavy atom. The minimum absolute atomic E-state index is 0.0107. The van der Waals surface area contributed by atoms with Crippen LogP contribution in [-0.2, 0) is 34.5 Å². The van der Waals surface area contributed by atoms with E-state index in [4.69, 9.17) is 23.4 Å². The van der Waals surface area contributed by atoms with E-state index < -0.39 is 5.54 Å². The molecule has 11 nitrogen and oxygen atoms in total. The van der Waals surface area contributed by atoms with E-state index >= 15 is 0 Å². The molecule has 2 amide bonds. The maximum Gasteiger partial charge on any atom is 0.224 e.